The minimum absolute atomic E-state index is 0.0802. The van der Waals surface area contributed by atoms with Gasteiger partial charge in [-0.3, -0.25) is 9.59 Å². The van der Waals surface area contributed by atoms with Crippen molar-refractivity contribution in [2.75, 3.05) is 26.2 Å². The van der Waals surface area contributed by atoms with Crippen molar-refractivity contribution in [3.63, 3.8) is 0 Å². The van der Waals surface area contributed by atoms with Crippen LogP contribution in [0.15, 0.2) is 30.3 Å². The van der Waals surface area contributed by atoms with Gasteiger partial charge in [-0.15, -0.1) is 0 Å². The first-order valence-electron chi connectivity index (χ1n) is 10.1. The lowest BCUT2D eigenvalue weighted by atomic mass is 9.96. The third-order valence-corrected chi connectivity index (χ3v) is 4.59. The number of amides is 3. The molecule has 7 nitrogen and oxygen atoms in total. The van der Waals surface area contributed by atoms with Crippen LogP contribution in [-0.2, 0) is 14.3 Å². The van der Waals surface area contributed by atoms with Crippen LogP contribution in [0.4, 0.5) is 9.18 Å². The zero-order valence-electron chi connectivity index (χ0n) is 17.7. The summed E-state index contributed by atoms with van der Waals surface area (Å²) in [7, 11) is 0. The van der Waals surface area contributed by atoms with Crippen LogP contribution < -0.4 is 10.6 Å². The van der Waals surface area contributed by atoms with Gasteiger partial charge in [0.05, 0.1) is 6.54 Å². The van der Waals surface area contributed by atoms with Crippen molar-refractivity contribution in [1.29, 1.82) is 0 Å². The number of carbonyl (C=O) groups is 3. The van der Waals surface area contributed by atoms with Gasteiger partial charge in [0, 0.05) is 25.7 Å². The summed E-state index contributed by atoms with van der Waals surface area (Å²) in [6, 6.07) is 5.94. The molecular formula is C22H30FN3O4. The molecule has 0 unspecified atom stereocenters. The van der Waals surface area contributed by atoms with Gasteiger partial charge in [-0.05, 0) is 63.3 Å². The fourth-order valence-corrected chi connectivity index (χ4v) is 2.99. The third-order valence-electron chi connectivity index (χ3n) is 4.59. The Bertz CT molecular complexity index is 764. The molecule has 1 aromatic carbocycles. The zero-order valence-corrected chi connectivity index (χ0v) is 17.7. The lowest BCUT2D eigenvalue weighted by molar-refractivity contribution is -0.127. The van der Waals surface area contributed by atoms with Crippen LogP contribution >= 0.6 is 0 Å². The standard InChI is InChI=1S/C22H30FN3O4/c1-22(2,3)30-21(29)25-15-19(27)24-14-17-10-12-26(13-11-17)20(28)9-6-16-4-7-18(23)8-5-16/h4-9,17H,10-15H2,1-3H3,(H,24,27)(H,25,29)/b9-6+. The molecule has 0 spiro atoms. The molecule has 1 aromatic rings. The van der Waals surface area contributed by atoms with E-state index in [1.165, 1.54) is 18.2 Å². The Morgan fingerprint density at radius 1 is 1.13 bits per heavy atom. The molecule has 1 fully saturated rings. The molecule has 0 bridgehead atoms. The van der Waals surface area contributed by atoms with E-state index in [2.05, 4.69) is 10.6 Å². The van der Waals surface area contributed by atoms with Gasteiger partial charge in [-0.2, -0.15) is 0 Å². The van der Waals surface area contributed by atoms with Gasteiger partial charge >= 0.3 is 6.09 Å². The molecule has 0 aromatic heterocycles. The number of alkyl carbamates (subject to hydrolysis) is 1. The van der Waals surface area contributed by atoms with Crippen LogP contribution in [0.5, 0.6) is 0 Å². The van der Waals surface area contributed by atoms with E-state index in [0.29, 0.717) is 19.6 Å². The molecule has 8 heteroatoms. The molecule has 0 aliphatic carbocycles. The molecule has 30 heavy (non-hydrogen) atoms. The average Bonchev–Trinajstić information content (AvgIpc) is 2.69. The van der Waals surface area contributed by atoms with E-state index in [9.17, 15) is 18.8 Å². The Labute approximate surface area is 176 Å². The van der Waals surface area contributed by atoms with Crippen LogP contribution in [0, 0.1) is 11.7 Å². The van der Waals surface area contributed by atoms with Crippen molar-refractivity contribution in [3.8, 4) is 0 Å². The zero-order chi connectivity index (χ0) is 22.1. The molecule has 0 radical (unpaired) electrons. The van der Waals surface area contributed by atoms with E-state index in [1.54, 1.807) is 43.9 Å². The highest BCUT2D eigenvalue weighted by atomic mass is 19.1. The maximum atomic E-state index is 12.9. The number of halogens is 1. The summed E-state index contributed by atoms with van der Waals surface area (Å²) in [6.07, 6.45) is 4.12. The normalized spacial score (nSPS) is 15.1. The molecule has 2 N–H and O–H groups in total. The number of carbonyl (C=O) groups excluding carboxylic acids is 3. The highest BCUT2D eigenvalue weighted by Gasteiger charge is 2.22. The predicted molar refractivity (Wildman–Crippen MR) is 112 cm³/mol. The first-order valence-corrected chi connectivity index (χ1v) is 10.1. The van der Waals surface area contributed by atoms with Crippen molar-refractivity contribution < 1.29 is 23.5 Å². The summed E-state index contributed by atoms with van der Waals surface area (Å²) in [5.74, 6) is -0.390. The van der Waals surface area contributed by atoms with Crippen LogP contribution in [0.25, 0.3) is 6.08 Å². The second-order valence-electron chi connectivity index (χ2n) is 8.31. The molecule has 1 heterocycles. The van der Waals surface area contributed by atoms with Crippen molar-refractivity contribution in [2.45, 2.75) is 39.2 Å². The number of rotatable bonds is 6. The summed E-state index contributed by atoms with van der Waals surface area (Å²) in [6.45, 7) is 6.85. The second kappa shape index (κ2) is 10.8. The van der Waals surface area contributed by atoms with Crippen LogP contribution in [-0.4, -0.2) is 54.6 Å². The van der Waals surface area contributed by atoms with Gasteiger partial charge in [-0.1, -0.05) is 12.1 Å². The summed E-state index contributed by atoms with van der Waals surface area (Å²) >= 11 is 0. The number of piperidine rings is 1. The number of nitrogens with zero attached hydrogens (tertiary/aromatic N) is 1. The molecule has 1 saturated heterocycles. The minimum atomic E-state index is -0.627. The molecule has 0 saturated carbocycles. The van der Waals surface area contributed by atoms with Crippen LogP contribution in [0.1, 0.15) is 39.2 Å². The lowest BCUT2D eigenvalue weighted by Crippen LogP contribution is -2.43. The van der Waals surface area contributed by atoms with Gasteiger partial charge in [0.1, 0.15) is 11.4 Å². The summed E-state index contributed by atoms with van der Waals surface area (Å²) in [5, 5.41) is 5.23. The highest BCUT2D eigenvalue weighted by Crippen LogP contribution is 2.17. The number of ether oxygens (including phenoxy) is 1. The lowest BCUT2D eigenvalue weighted by Gasteiger charge is -2.31. The number of nitrogens with one attached hydrogen (secondary N) is 2. The van der Waals surface area contributed by atoms with E-state index in [4.69, 9.17) is 4.74 Å². The molecule has 0 atom stereocenters. The van der Waals surface area contributed by atoms with Crippen molar-refractivity contribution >= 4 is 24.0 Å². The fourth-order valence-electron chi connectivity index (χ4n) is 2.99. The van der Waals surface area contributed by atoms with E-state index in [0.717, 1.165) is 18.4 Å². The van der Waals surface area contributed by atoms with E-state index in [-0.39, 0.29) is 30.1 Å². The van der Waals surface area contributed by atoms with Gasteiger partial charge < -0.3 is 20.3 Å². The Hall–Kier alpha value is -2.90. The van der Waals surface area contributed by atoms with E-state index >= 15 is 0 Å². The predicted octanol–water partition coefficient (Wildman–Crippen LogP) is 2.72. The largest absolute Gasteiger partial charge is 0.444 e. The summed E-state index contributed by atoms with van der Waals surface area (Å²) in [5.41, 5.74) is 0.155. The minimum Gasteiger partial charge on any atom is -0.444 e. The van der Waals surface area contributed by atoms with Crippen molar-refractivity contribution in [2.24, 2.45) is 5.92 Å². The van der Waals surface area contributed by atoms with Gasteiger partial charge in [0.15, 0.2) is 0 Å². The topological polar surface area (TPSA) is 87.7 Å². The summed E-state index contributed by atoms with van der Waals surface area (Å²) < 4.78 is 18.0. The molecule has 1 aliphatic heterocycles. The first-order chi connectivity index (χ1) is 14.1. The summed E-state index contributed by atoms with van der Waals surface area (Å²) in [4.78, 5) is 37.5. The molecule has 1 aliphatic rings. The maximum absolute atomic E-state index is 12.9. The Balaban J connectivity index is 1.65. The second-order valence-corrected chi connectivity index (χ2v) is 8.31. The number of hydrogen-bond acceptors (Lipinski definition) is 4. The quantitative estimate of drug-likeness (QED) is 0.694. The molecular weight excluding hydrogens is 389 g/mol. The van der Waals surface area contributed by atoms with Crippen molar-refractivity contribution in [3.05, 3.63) is 41.7 Å². The Morgan fingerprint density at radius 2 is 1.77 bits per heavy atom. The molecule has 164 valence electrons. The molecule has 2 rings (SSSR count). The van der Waals surface area contributed by atoms with Crippen LogP contribution in [0.2, 0.25) is 0 Å². The van der Waals surface area contributed by atoms with Crippen molar-refractivity contribution in [1.82, 2.24) is 15.5 Å². The highest BCUT2D eigenvalue weighted by molar-refractivity contribution is 5.91. The smallest absolute Gasteiger partial charge is 0.408 e. The number of likely N-dealkylation sites (tertiary alicyclic amines) is 1. The first kappa shape index (κ1) is 23.4. The van der Waals surface area contributed by atoms with E-state index in [1.807, 2.05) is 0 Å². The fraction of sp³-hybridized carbons (Fsp3) is 0.500. The van der Waals surface area contributed by atoms with Gasteiger partial charge in [0.2, 0.25) is 11.8 Å². The van der Waals surface area contributed by atoms with Gasteiger partial charge in [-0.25, -0.2) is 9.18 Å². The third kappa shape index (κ3) is 8.63. The van der Waals surface area contributed by atoms with E-state index < -0.39 is 11.7 Å². The Morgan fingerprint density at radius 3 is 2.37 bits per heavy atom. The van der Waals surface area contributed by atoms with Gasteiger partial charge in [0.25, 0.3) is 0 Å². The monoisotopic (exact) mass is 419 g/mol. The number of hydrogen-bond donors (Lipinski definition) is 2. The molecule has 3 amide bonds. The average molecular weight is 419 g/mol. The van der Waals surface area contributed by atoms with Crippen LogP contribution in [0.3, 0.4) is 0 Å². The Kier molecular flexibility index (Phi) is 8.38. The number of benzene rings is 1. The maximum Gasteiger partial charge on any atom is 0.408 e. The SMILES string of the molecule is CC(C)(C)OC(=O)NCC(=O)NCC1CCN(C(=O)/C=C/c2ccc(F)cc2)CC1.